The van der Waals surface area contributed by atoms with E-state index in [9.17, 15) is 0 Å². The lowest BCUT2D eigenvalue weighted by Crippen LogP contribution is -2.26. The molecule has 0 aromatic rings. The van der Waals surface area contributed by atoms with Gasteiger partial charge in [-0.2, -0.15) is 0 Å². The molecular formula is C8H18OSi. The molecule has 2 heteroatoms. The van der Waals surface area contributed by atoms with E-state index in [0.717, 1.165) is 6.42 Å². The molecule has 0 atom stereocenters. The molecule has 10 heavy (non-hydrogen) atoms. The van der Waals surface area contributed by atoms with E-state index in [2.05, 4.69) is 32.6 Å². The van der Waals surface area contributed by atoms with Gasteiger partial charge in [-0.3, -0.25) is 0 Å². The van der Waals surface area contributed by atoms with Crippen molar-refractivity contribution in [3.05, 3.63) is 11.3 Å². The lowest BCUT2D eigenvalue weighted by Gasteiger charge is -2.18. The molecule has 0 bridgehead atoms. The third-order valence-electron chi connectivity index (χ3n) is 1.58. The Morgan fingerprint density at radius 2 is 1.90 bits per heavy atom. The minimum absolute atomic E-state index is 0.254. The maximum absolute atomic E-state index is 8.96. The standard InChI is InChI=1S/C8H18OSi/c1-5-6-8(7-9)10(2,3)4/h6,9H,5,7H2,1-4H3. The molecule has 0 aliphatic carbocycles. The molecule has 0 heterocycles. The average molecular weight is 158 g/mol. The Morgan fingerprint density at radius 3 is 2.00 bits per heavy atom. The average Bonchev–Trinajstić information content (AvgIpc) is 1.80. The Kier molecular flexibility index (Phi) is 3.90. The summed E-state index contributed by atoms with van der Waals surface area (Å²) in [6.45, 7) is 9.12. The first-order valence-corrected chi connectivity index (χ1v) is 7.32. The zero-order valence-electron chi connectivity index (χ0n) is 7.44. The van der Waals surface area contributed by atoms with Gasteiger partial charge in [-0.25, -0.2) is 0 Å². The Balaban J connectivity index is 4.21. The first kappa shape index (κ1) is 9.92. The van der Waals surface area contributed by atoms with Crippen molar-refractivity contribution in [2.75, 3.05) is 6.61 Å². The number of aliphatic hydroxyl groups is 1. The topological polar surface area (TPSA) is 20.2 Å². The van der Waals surface area contributed by atoms with Gasteiger partial charge in [0.05, 0.1) is 14.7 Å². The van der Waals surface area contributed by atoms with Crippen LogP contribution >= 0.6 is 0 Å². The minimum Gasteiger partial charge on any atom is -0.392 e. The summed E-state index contributed by atoms with van der Waals surface area (Å²) in [5.74, 6) is 0. The quantitative estimate of drug-likeness (QED) is 0.624. The van der Waals surface area contributed by atoms with Gasteiger partial charge in [0.2, 0.25) is 0 Å². The van der Waals surface area contributed by atoms with Crippen molar-refractivity contribution in [2.45, 2.75) is 33.0 Å². The summed E-state index contributed by atoms with van der Waals surface area (Å²) in [6.07, 6.45) is 3.20. The van der Waals surface area contributed by atoms with Crippen molar-refractivity contribution >= 4 is 8.07 Å². The maximum atomic E-state index is 8.96. The molecule has 0 saturated carbocycles. The van der Waals surface area contributed by atoms with E-state index in [1.165, 1.54) is 5.20 Å². The summed E-state index contributed by atoms with van der Waals surface area (Å²) in [6, 6.07) is 0. The third kappa shape index (κ3) is 3.18. The lowest BCUT2D eigenvalue weighted by atomic mass is 10.4. The molecule has 0 fully saturated rings. The van der Waals surface area contributed by atoms with Crippen molar-refractivity contribution in [1.82, 2.24) is 0 Å². The zero-order valence-corrected chi connectivity index (χ0v) is 8.44. The Bertz CT molecular complexity index is 122. The van der Waals surface area contributed by atoms with Crippen LogP contribution in [0.15, 0.2) is 11.3 Å². The third-order valence-corrected chi connectivity index (χ3v) is 3.87. The van der Waals surface area contributed by atoms with E-state index in [4.69, 9.17) is 5.11 Å². The van der Waals surface area contributed by atoms with Crippen molar-refractivity contribution in [3.63, 3.8) is 0 Å². The Labute approximate surface area is 64.8 Å². The fourth-order valence-corrected chi connectivity index (χ4v) is 2.15. The van der Waals surface area contributed by atoms with Crippen molar-refractivity contribution < 1.29 is 5.11 Å². The molecule has 0 rings (SSSR count). The molecular weight excluding hydrogens is 140 g/mol. The number of hydrogen-bond acceptors (Lipinski definition) is 1. The van der Waals surface area contributed by atoms with Gasteiger partial charge >= 0.3 is 0 Å². The molecule has 0 amide bonds. The minimum atomic E-state index is -1.20. The number of aliphatic hydroxyl groups excluding tert-OH is 1. The van der Waals surface area contributed by atoms with Gasteiger partial charge in [0.1, 0.15) is 0 Å². The molecule has 1 nitrogen and oxygen atoms in total. The molecule has 0 spiro atoms. The number of hydrogen-bond donors (Lipinski definition) is 1. The largest absolute Gasteiger partial charge is 0.392 e. The summed E-state index contributed by atoms with van der Waals surface area (Å²) in [4.78, 5) is 0. The van der Waals surface area contributed by atoms with Crippen molar-refractivity contribution in [2.24, 2.45) is 0 Å². The smallest absolute Gasteiger partial charge is 0.0750 e. The molecule has 0 aliphatic rings. The summed E-state index contributed by atoms with van der Waals surface area (Å²) in [7, 11) is -1.20. The highest BCUT2D eigenvalue weighted by molar-refractivity contribution is 6.83. The monoisotopic (exact) mass is 158 g/mol. The summed E-state index contributed by atoms with van der Waals surface area (Å²) >= 11 is 0. The maximum Gasteiger partial charge on any atom is 0.0750 e. The van der Waals surface area contributed by atoms with E-state index in [-0.39, 0.29) is 6.61 Å². The van der Waals surface area contributed by atoms with E-state index in [1.807, 2.05) is 0 Å². The van der Waals surface area contributed by atoms with Crippen molar-refractivity contribution in [1.29, 1.82) is 0 Å². The Hall–Kier alpha value is -0.0831. The van der Waals surface area contributed by atoms with Gasteiger partial charge in [-0.05, 0) is 6.42 Å². The molecule has 0 unspecified atom stereocenters. The highest BCUT2D eigenvalue weighted by atomic mass is 28.3. The predicted octanol–water partition coefficient (Wildman–Crippen LogP) is 2.19. The predicted molar refractivity (Wildman–Crippen MR) is 48.8 cm³/mol. The van der Waals surface area contributed by atoms with Crippen LogP contribution in [0.25, 0.3) is 0 Å². The van der Waals surface area contributed by atoms with Crippen LogP contribution in [0, 0.1) is 0 Å². The highest BCUT2D eigenvalue weighted by Crippen LogP contribution is 2.13. The van der Waals surface area contributed by atoms with E-state index < -0.39 is 8.07 Å². The van der Waals surface area contributed by atoms with E-state index in [0.29, 0.717) is 0 Å². The second-order valence-corrected chi connectivity index (χ2v) is 8.69. The summed E-state index contributed by atoms with van der Waals surface area (Å²) < 4.78 is 0. The number of rotatable bonds is 3. The normalized spacial score (nSPS) is 13.9. The molecule has 0 radical (unpaired) electrons. The van der Waals surface area contributed by atoms with Gasteiger partial charge in [-0.1, -0.05) is 37.8 Å². The number of allylic oxidation sites excluding steroid dienone is 1. The Morgan fingerprint density at radius 1 is 1.40 bits per heavy atom. The second-order valence-electron chi connectivity index (χ2n) is 3.55. The van der Waals surface area contributed by atoms with Gasteiger partial charge in [-0.15, -0.1) is 0 Å². The van der Waals surface area contributed by atoms with Gasteiger partial charge in [0.15, 0.2) is 0 Å². The van der Waals surface area contributed by atoms with Crippen LogP contribution in [0.4, 0.5) is 0 Å². The molecule has 60 valence electrons. The zero-order chi connectivity index (χ0) is 8.20. The lowest BCUT2D eigenvalue weighted by molar-refractivity contribution is 0.337. The van der Waals surface area contributed by atoms with Gasteiger partial charge in [0.25, 0.3) is 0 Å². The van der Waals surface area contributed by atoms with Gasteiger partial charge < -0.3 is 5.11 Å². The van der Waals surface area contributed by atoms with Crippen molar-refractivity contribution in [3.8, 4) is 0 Å². The fourth-order valence-electron chi connectivity index (χ4n) is 0.854. The van der Waals surface area contributed by atoms with Crippen LogP contribution in [-0.4, -0.2) is 19.8 Å². The molecule has 0 saturated heterocycles. The summed E-state index contributed by atoms with van der Waals surface area (Å²) in [5, 5.41) is 10.2. The van der Waals surface area contributed by atoms with E-state index >= 15 is 0 Å². The van der Waals surface area contributed by atoms with Crippen LogP contribution in [-0.2, 0) is 0 Å². The van der Waals surface area contributed by atoms with Crippen LogP contribution in [0.2, 0.25) is 19.6 Å². The first-order valence-electron chi connectivity index (χ1n) is 3.82. The molecule has 0 aliphatic heterocycles. The van der Waals surface area contributed by atoms with Gasteiger partial charge in [0, 0.05) is 0 Å². The molecule has 1 N–H and O–H groups in total. The summed E-state index contributed by atoms with van der Waals surface area (Å²) in [5.41, 5.74) is 0. The SMILES string of the molecule is CCC=C(CO)[Si](C)(C)C. The van der Waals surface area contributed by atoms with Crippen LogP contribution in [0.5, 0.6) is 0 Å². The van der Waals surface area contributed by atoms with Crippen LogP contribution in [0.3, 0.4) is 0 Å². The highest BCUT2D eigenvalue weighted by Gasteiger charge is 2.17. The molecule has 0 aromatic heterocycles. The van der Waals surface area contributed by atoms with Crippen LogP contribution < -0.4 is 0 Å². The first-order chi connectivity index (χ1) is 4.52. The van der Waals surface area contributed by atoms with E-state index in [1.54, 1.807) is 0 Å². The fraction of sp³-hybridized carbons (Fsp3) is 0.750. The molecule has 0 aromatic carbocycles. The van der Waals surface area contributed by atoms with Crippen LogP contribution in [0.1, 0.15) is 13.3 Å². The second kappa shape index (κ2) is 3.94.